The van der Waals surface area contributed by atoms with Gasteiger partial charge in [0.15, 0.2) is 0 Å². The van der Waals surface area contributed by atoms with Crippen LogP contribution in [0.4, 0.5) is 9.59 Å². The van der Waals surface area contributed by atoms with Crippen molar-refractivity contribution in [2.24, 2.45) is 11.8 Å². The van der Waals surface area contributed by atoms with E-state index >= 15 is 0 Å². The van der Waals surface area contributed by atoms with Gasteiger partial charge in [-0.05, 0) is 76.6 Å². The van der Waals surface area contributed by atoms with E-state index in [1.807, 2.05) is 121 Å². The number of carbonyl (C=O) groups is 4. The number of ether oxygens (including phenoxy) is 2. The Morgan fingerprint density at radius 2 is 0.696 bits per heavy atom. The number of nitrogens with one attached hydrogen (secondary N) is 4. The normalized spacial score (nSPS) is 17.9. The van der Waals surface area contributed by atoms with Crippen molar-refractivity contribution in [1.82, 2.24) is 21.3 Å². The lowest BCUT2D eigenvalue weighted by atomic mass is 9.77. The minimum atomic E-state index is -0.737. The lowest BCUT2D eigenvalue weighted by Gasteiger charge is -2.36. The molecule has 5 rings (SSSR count). The van der Waals surface area contributed by atoms with Gasteiger partial charge in [-0.3, -0.25) is 9.59 Å². The molecule has 0 bridgehead atoms. The van der Waals surface area contributed by atoms with Gasteiger partial charge in [-0.1, -0.05) is 134 Å². The summed E-state index contributed by atoms with van der Waals surface area (Å²) < 4.78 is 11.3. The number of rotatable bonds is 12. The molecule has 1 saturated carbocycles. The molecule has 0 radical (unpaired) electrons. The third kappa shape index (κ3) is 11.9. The first-order valence-corrected chi connectivity index (χ1v) is 19.5. The zero-order valence-corrected chi connectivity index (χ0v) is 33.3. The Hall–Kier alpha value is -5.64. The molecule has 0 saturated heterocycles. The van der Waals surface area contributed by atoms with E-state index in [9.17, 15) is 19.2 Å². The molecule has 1 aliphatic rings. The van der Waals surface area contributed by atoms with Crippen LogP contribution in [0.2, 0.25) is 0 Å². The van der Waals surface area contributed by atoms with Crippen molar-refractivity contribution in [1.29, 1.82) is 0 Å². The van der Waals surface area contributed by atoms with E-state index in [0.29, 0.717) is 12.8 Å². The SMILES string of the molecule is CC(C)(C)OC(=O)N[C@H](c1ccccc1)[C@H](NC(=O)[C@H]1CCCC[C@@H]1C(=O)N[C@H](c1ccccc1)[C@H](NC(=O)OC(C)(C)C)c1ccccc1)c1ccccc1. The van der Waals surface area contributed by atoms with E-state index in [1.165, 1.54) is 0 Å². The summed E-state index contributed by atoms with van der Waals surface area (Å²) >= 11 is 0. The molecule has 4 aromatic rings. The van der Waals surface area contributed by atoms with Crippen LogP contribution in [0.3, 0.4) is 0 Å². The van der Waals surface area contributed by atoms with Gasteiger partial charge in [0.2, 0.25) is 11.8 Å². The fourth-order valence-corrected chi connectivity index (χ4v) is 7.23. The van der Waals surface area contributed by atoms with E-state index in [4.69, 9.17) is 9.47 Å². The zero-order valence-electron chi connectivity index (χ0n) is 33.3. The third-order valence-electron chi connectivity index (χ3n) is 9.68. The summed E-state index contributed by atoms with van der Waals surface area (Å²) in [6.45, 7) is 10.8. The van der Waals surface area contributed by atoms with E-state index in [-0.39, 0.29) is 11.8 Å². The van der Waals surface area contributed by atoms with Crippen molar-refractivity contribution in [3.63, 3.8) is 0 Å². The Labute approximate surface area is 331 Å². The Balaban J connectivity index is 1.46. The molecule has 1 fully saturated rings. The van der Waals surface area contributed by atoms with E-state index in [2.05, 4.69) is 21.3 Å². The molecular formula is C46H56N4O6. The van der Waals surface area contributed by atoms with Gasteiger partial charge in [-0.2, -0.15) is 0 Å². The summed E-state index contributed by atoms with van der Waals surface area (Å²) in [5, 5.41) is 12.6. The molecule has 0 aliphatic heterocycles. The van der Waals surface area contributed by atoms with Crippen LogP contribution in [0, 0.1) is 11.8 Å². The van der Waals surface area contributed by atoms with Gasteiger partial charge in [0.05, 0.1) is 24.2 Å². The molecule has 10 nitrogen and oxygen atoms in total. The third-order valence-corrected chi connectivity index (χ3v) is 9.68. The van der Waals surface area contributed by atoms with Crippen LogP contribution in [-0.4, -0.2) is 35.2 Å². The second-order valence-corrected chi connectivity index (χ2v) is 16.4. The monoisotopic (exact) mass is 760 g/mol. The molecule has 0 spiro atoms. The van der Waals surface area contributed by atoms with Crippen LogP contribution < -0.4 is 21.3 Å². The summed E-state index contributed by atoms with van der Waals surface area (Å²) in [4.78, 5) is 55.8. The second kappa shape index (κ2) is 18.8. The molecule has 0 aromatic heterocycles. The molecule has 56 heavy (non-hydrogen) atoms. The summed E-state index contributed by atoms with van der Waals surface area (Å²) in [7, 11) is 0. The Morgan fingerprint density at radius 1 is 0.446 bits per heavy atom. The summed E-state index contributed by atoms with van der Waals surface area (Å²) in [6.07, 6.45) is 1.35. The topological polar surface area (TPSA) is 135 Å². The lowest BCUT2D eigenvalue weighted by molar-refractivity contribution is -0.137. The van der Waals surface area contributed by atoms with Gasteiger partial charge < -0.3 is 30.7 Å². The molecule has 296 valence electrons. The summed E-state index contributed by atoms with van der Waals surface area (Å²) in [5.74, 6) is -1.88. The first-order valence-electron chi connectivity index (χ1n) is 19.5. The van der Waals surface area contributed by atoms with Crippen LogP contribution in [-0.2, 0) is 19.1 Å². The van der Waals surface area contributed by atoms with Crippen molar-refractivity contribution < 1.29 is 28.7 Å². The molecule has 6 atom stereocenters. The van der Waals surface area contributed by atoms with E-state index < -0.39 is 59.4 Å². The number of benzene rings is 4. The fourth-order valence-electron chi connectivity index (χ4n) is 7.23. The summed E-state index contributed by atoms with van der Waals surface area (Å²) in [6, 6.07) is 35.1. The smallest absolute Gasteiger partial charge is 0.408 e. The minimum Gasteiger partial charge on any atom is -0.444 e. The highest BCUT2D eigenvalue weighted by Gasteiger charge is 2.40. The maximum absolute atomic E-state index is 14.6. The lowest BCUT2D eigenvalue weighted by Crippen LogP contribution is -2.49. The van der Waals surface area contributed by atoms with Gasteiger partial charge in [0, 0.05) is 11.8 Å². The molecule has 0 unspecified atom stereocenters. The quantitative estimate of drug-likeness (QED) is 0.114. The van der Waals surface area contributed by atoms with Crippen LogP contribution in [0.5, 0.6) is 0 Å². The minimum absolute atomic E-state index is 0.284. The number of amides is 4. The van der Waals surface area contributed by atoms with Crippen LogP contribution >= 0.6 is 0 Å². The molecule has 4 N–H and O–H groups in total. The zero-order chi connectivity index (χ0) is 40.3. The maximum Gasteiger partial charge on any atom is 0.408 e. The molecule has 0 heterocycles. The van der Waals surface area contributed by atoms with E-state index in [1.54, 1.807) is 41.5 Å². The van der Waals surface area contributed by atoms with Crippen molar-refractivity contribution in [3.8, 4) is 0 Å². The number of hydrogen-bond donors (Lipinski definition) is 4. The fraction of sp³-hybridized carbons (Fsp3) is 0.391. The van der Waals surface area contributed by atoms with Crippen molar-refractivity contribution in [3.05, 3.63) is 144 Å². The van der Waals surface area contributed by atoms with Crippen LogP contribution in [0.15, 0.2) is 121 Å². The van der Waals surface area contributed by atoms with Crippen molar-refractivity contribution in [2.45, 2.75) is 103 Å². The molecule has 4 amide bonds. The first-order chi connectivity index (χ1) is 26.7. The summed E-state index contributed by atoms with van der Waals surface area (Å²) in [5.41, 5.74) is 1.65. The number of hydrogen-bond acceptors (Lipinski definition) is 6. The van der Waals surface area contributed by atoms with Crippen LogP contribution in [0.25, 0.3) is 0 Å². The average molecular weight is 761 g/mol. The molecule has 4 aromatic carbocycles. The van der Waals surface area contributed by atoms with Gasteiger partial charge in [-0.15, -0.1) is 0 Å². The van der Waals surface area contributed by atoms with Crippen molar-refractivity contribution in [2.75, 3.05) is 0 Å². The highest BCUT2D eigenvalue weighted by molar-refractivity contribution is 5.88. The average Bonchev–Trinajstić information content (AvgIpc) is 3.17. The molecule has 1 aliphatic carbocycles. The van der Waals surface area contributed by atoms with Crippen LogP contribution in [0.1, 0.15) is 114 Å². The number of carbonyl (C=O) groups excluding carboxylic acids is 4. The maximum atomic E-state index is 14.6. The Kier molecular flexibility index (Phi) is 13.9. The second-order valence-electron chi connectivity index (χ2n) is 16.4. The Bertz CT molecular complexity index is 1740. The van der Waals surface area contributed by atoms with Crippen molar-refractivity contribution >= 4 is 24.0 Å². The molecule has 10 heteroatoms. The number of alkyl carbamates (subject to hydrolysis) is 2. The highest BCUT2D eigenvalue weighted by Crippen LogP contribution is 2.36. The van der Waals surface area contributed by atoms with E-state index in [0.717, 1.165) is 35.1 Å². The Morgan fingerprint density at radius 3 is 0.946 bits per heavy atom. The molecular weight excluding hydrogens is 705 g/mol. The van der Waals surface area contributed by atoms with Gasteiger partial charge in [0.25, 0.3) is 0 Å². The predicted molar refractivity (Wildman–Crippen MR) is 217 cm³/mol. The largest absolute Gasteiger partial charge is 0.444 e. The van der Waals surface area contributed by atoms with Gasteiger partial charge >= 0.3 is 12.2 Å². The highest BCUT2D eigenvalue weighted by atomic mass is 16.6. The standard InChI is InChI=1S/C46H56N4O6/c1-45(2,3)55-43(53)49-39(33-25-15-9-16-26-33)37(31-21-11-7-12-22-31)47-41(51)35-29-19-20-30-36(35)42(52)48-38(32-23-13-8-14-24-32)40(34-27-17-10-18-28-34)50-44(54)56-46(4,5)6/h7-18,21-28,35-40H,19-20,29-30H2,1-6H3,(H,47,51)(H,48,52)(H,49,53)(H,50,54)/t35-,36-,37+,38+,39+,40+/m0/s1. The van der Waals surface area contributed by atoms with Gasteiger partial charge in [-0.25, -0.2) is 9.59 Å². The van der Waals surface area contributed by atoms with Gasteiger partial charge in [0.1, 0.15) is 11.2 Å². The predicted octanol–water partition coefficient (Wildman–Crippen LogP) is 9.04. The first kappa shape index (κ1) is 41.5.